The van der Waals surface area contributed by atoms with Crippen LogP contribution in [0.3, 0.4) is 0 Å². The van der Waals surface area contributed by atoms with Gasteiger partial charge < -0.3 is 19.6 Å². The standard InChI is InChI=1S/C34H50N6O/c1-31(21-35(3)17-18-36(4)22-31)39-25-33(28-13-9-7-10-14-28)26-40(32(2)23-37(5)19-20-38(6)24-32)34(27-39,30(33)41)29-15-11-8-12-16-29/h7-16H,17-27H2,1-6H3. The topological polar surface area (TPSA) is 36.5 Å². The number of fused-ring (bicyclic) bond motifs is 2. The zero-order chi connectivity index (χ0) is 29.0. The molecule has 0 aromatic heterocycles. The number of ketones is 1. The lowest BCUT2D eigenvalue weighted by Crippen LogP contribution is -2.70. The molecular formula is C34H50N6O. The van der Waals surface area contributed by atoms with Crippen LogP contribution < -0.4 is 0 Å². The van der Waals surface area contributed by atoms with Gasteiger partial charge in [-0.3, -0.25) is 14.6 Å². The van der Waals surface area contributed by atoms with E-state index in [9.17, 15) is 0 Å². The van der Waals surface area contributed by atoms with Gasteiger partial charge in [0.2, 0.25) is 0 Å². The number of Topliss-reactive ketones (excluding diaryl/α,β-unsaturated/α-hetero) is 1. The first-order valence-corrected chi connectivity index (χ1v) is 15.4. The molecule has 2 atom stereocenters. The molecular weight excluding hydrogens is 508 g/mol. The van der Waals surface area contributed by atoms with Crippen LogP contribution in [0.25, 0.3) is 0 Å². The van der Waals surface area contributed by atoms with Crippen LogP contribution in [0.4, 0.5) is 0 Å². The summed E-state index contributed by atoms with van der Waals surface area (Å²) in [6.45, 7) is 15.1. The Balaban J connectivity index is 1.57. The van der Waals surface area contributed by atoms with E-state index in [1.807, 2.05) is 0 Å². The summed E-state index contributed by atoms with van der Waals surface area (Å²) in [6.07, 6.45) is 0. The number of carbonyl (C=O) groups excluding carboxylic acids is 1. The predicted molar refractivity (Wildman–Crippen MR) is 166 cm³/mol. The first-order valence-electron chi connectivity index (χ1n) is 15.4. The van der Waals surface area contributed by atoms with Gasteiger partial charge in [-0.1, -0.05) is 60.7 Å². The highest BCUT2D eigenvalue weighted by Crippen LogP contribution is 2.54. The summed E-state index contributed by atoms with van der Waals surface area (Å²) >= 11 is 0. The normalized spacial score (nSPS) is 32.6. The van der Waals surface area contributed by atoms with Crippen molar-refractivity contribution in [3.05, 3.63) is 71.8 Å². The number of rotatable bonds is 4. The highest BCUT2D eigenvalue weighted by molar-refractivity contribution is 6.02. The Morgan fingerprint density at radius 1 is 0.537 bits per heavy atom. The quantitative estimate of drug-likeness (QED) is 0.570. The fourth-order valence-electron chi connectivity index (χ4n) is 8.92. The largest absolute Gasteiger partial charge is 0.303 e. The predicted octanol–water partition coefficient (Wildman–Crippen LogP) is 2.29. The van der Waals surface area contributed by atoms with Crippen LogP contribution in [-0.2, 0) is 15.7 Å². The Labute approximate surface area is 247 Å². The van der Waals surface area contributed by atoms with E-state index >= 15 is 4.79 Å². The Morgan fingerprint density at radius 2 is 0.976 bits per heavy atom. The third-order valence-electron chi connectivity index (χ3n) is 10.7. The number of likely N-dealkylation sites (tertiary alicyclic amines) is 2. The van der Waals surface area contributed by atoms with Crippen LogP contribution >= 0.6 is 0 Å². The average Bonchev–Trinajstić information content (AvgIpc) is 3.10. The van der Waals surface area contributed by atoms with E-state index in [-0.39, 0.29) is 11.1 Å². The lowest BCUT2D eigenvalue weighted by atomic mass is 9.67. The van der Waals surface area contributed by atoms with E-state index in [4.69, 9.17) is 0 Å². The van der Waals surface area contributed by atoms with Gasteiger partial charge in [0, 0.05) is 83.1 Å². The van der Waals surface area contributed by atoms with Crippen molar-refractivity contribution in [3.8, 4) is 0 Å². The summed E-state index contributed by atoms with van der Waals surface area (Å²) in [6, 6.07) is 21.5. The van der Waals surface area contributed by atoms with Crippen LogP contribution in [0.15, 0.2) is 60.7 Å². The molecule has 2 bridgehead atoms. The molecule has 4 fully saturated rings. The zero-order valence-corrected chi connectivity index (χ0v) is 26.1. The summed E-state index contributed by atoms with van der Waals surface area (Å²) in [4.78, 5) is 30.8. The van der Waals surface area contributed by atoms with Crippen molar-refractivity contribution in [2.75, 3.05) is 100 Å². The van der Waals surface area contributed by atoms with E-state index < -0.39 is 11.0 Å². The number of carbonyl (C=O) groups is 1. The molecule has 7 nitrogen and oxygen atoms in total. The third kappa shape index (κ3) is 4.79. The lowest BCUT2D eigenvalue weighted by molar-refractivity contribution is -0.141. The Bertz CT molecular complexity index is 1210. The molecule has 0 amide bonds. The maximum atomic E-state index is 15.5. The molecule has 0 N–H and O–H groups in total. The van der Waals surface area contributed by atoms with Gasteiger partial charge in [-0.05, 0) is 53.2 Å². The number of benzene rings is 2. The Hall–Kier alpha value is -2.13. The van der Waals surface area contributed by atoms with Crippen LogP contribution in [0.2, 0.25) is 0 Å². The molecule has 2 aromatic carbocycles. The second-order valence-electron chi connectivity index (χ2n) is 14.4. The van der Waals surface area contributed by atoms with Gasteiger partial charge in [0.25, 0.3) is 0 Å². The van der Waals surface area contributed by atoms with Crippen LogP contribution in [-0.4, -0.2) is 146 Å². The molecule has 2 aromatic rings. The maximum Gasteiger partial charge on any atom is 0.172 e. The average molecular weight is 559 g/mol. The molecule has 0 saturated carbocycles. The van der Waals surface area contributed by atoms with Crippen LogP contribution in [0, 0.1) is 0 Å². The van der Waals surface area contributed by atoms with Crippen molar-refractivity contribution < 1.29 is 4.79 Å². The van der Waals surface area contributed by atoms with Gasteiger partial charge in [-0.25, -0.2) is 0 Å². The van der Waals surface area contributed by atoms with Crippen LogP contribution in [0.5, 0.6) is 0 Å². The number of nitrogens with zero attached hydrogens (tertiary/aromatic N) is 6. The first-order chi connectivity index (χ1) is 19.5. The molecule has 222 valence electrons. The van der Waals surface area contributed by atoms with Gasteiger partial charge in [0.05, 0.1) is 5.41 Å². The van der Waals surface area contributed by atoms with E-state index in [0.717, 1.165) is 76.6 Å². The van der Waals surface area contributed by atoms with Gasteiger partial charge in [-0.15, -0.1) is 0 Å². The minimum Gasteiger partial charge on any atom is -0.303 e. The minimum absolute atomic E-state index is 0.0886. The molecule has 2 unspecified atom stereocenters. The molecule has 0 radical (unpaired) electrons. The molecule has 4 aliphatic rings. The fraction of sp³-hybridized carbons (Fsp3) is 0.618. The maximum absolute atomic E-state index is 15.5. The molecule has 4 saturated heterocycles. The van der Waals surface area contributed by atoms with Gasteiger partial charge in [-0.2, -0.15) is 0 Å². The van der Waals surface area contributed by atoms with E-state index in [0.29, 0.717) is 12.3 Å². The summed E-state index contributed by atoms with van der Waals surface area (Å²) in [7, 11) is 9.00. The summed E-state index contributed by atoms with van der Waals surface area (Å²) < 4.78 is 0. The highest BCUT2D eigenvalue weighted by atomic mass is 16.1. The summed E-state index contributed by atoms with van der Waals surface area (Å²) in [5, 5.41) is 0. The molecule has 6 rings (SSSR count). The Kier molecular flexibility index (Phi) is 7.45. The van der Waals surface area contributed by atoms with Crippen molar-refractivity contribution >= 4 is 5.78 Å². The van der Waals surface area contributed by atoms with Crippen molar-refractivity contribution in [1.29, 1.82) is 0 Å². The van der Waals surface area contributed by atoms with E-state index in [1.54, 1.807) is 0 Å². The van der Waals surface area contributed by atoms with E-state index in [1.165, 1.54) is 0 Å². The lowest BCUT2D eigenvalue weighted by Gasteiger charge is -2.55. The molecule has 4 heterocycles. The number of hydrogen-bond acceptors (Lipinski definition) is 7. The number of likely N-dealkylation sites (N-methyl/N-ethyl adjacent to an activating group) is 4. The molecule has 4 aliphatic heterocycles. The Morgan fingerprint density at radius 3 is 1.46 bits per heavy atom. The monoisotopic (exact) mass is 558 g/mol. The zero-order valence-electron chi connectivity index (χ0n) is 26.1. The van der Waals surface area contributed by atoms with Crippen molar-refractivity contribution in [2.24, 2.45) is 0 Å². The highest BCUT2D eigenvalue weighted by Gasteiger charge is 2.70. The SMILES string of the molecule is CN1CCN(C)CC(C)(N2CC3(c4ccccc4)CN(C4(C)CN(C)CCN(C)C4)C(c4ccccc4)(C2)C3=O)C1. The van der Waals surface area contributed by atoms with Gasteiger partial charge in [0.15, 0.2) is 5.78 Å². The fourth-order valence-corrected chi connectivity index (χ4v) is 8.92. The smallest absolute Gasteiger partial charge is 0.172 e. The number of hydrogen-bond donors (Lipinski definition) is 0. The first kappa shape index (κ1) is 29.0. The summed E-state index contributed by atoms with van der Waals surface area (Å²) in [5.74, 6) is 0.383. The van der Waals surface area contributed by atoms with Crippen LogP contribution in [0.1, 0.15) is 25.0 Å². The molecule has 0 spiro atoms. The minimum atomic E-state index is -0.734. The van der Waals surface area contributed by atoms with Crippen molar-refractivity contribution in [3.63, 3.8) is 0 Å². The van der Waals surface area contributed by atoms with Crippen molar-refractivity contribution in [1.82, 2.24) is 29.4 Å². The second kappa shape index (κ2) is 10.5. The molecule has 41 heavy (non-hydrogen) atoms. The van der Waals surface area contributed by atoms with Gasteiger partial charge in [0.1, 0.15) is 5.54 Å². The summed E-state index contributed by atoms with van der Waals surface area (Å²) in [5.41, 5.74) is 0.680. The molecule has 0 aliphatic carbocycles. The third-order valence-corrected chi connectivity index (χ3v) is 10.7. The molecule has 7 heteroatoms. The van der Waals surface area contributed by atoms with Gasteiger partial charge >= 0.3 is 0 Å². The van der Waals surface area contributed by atoms with Crippen molar-refractivity contribution in [2.45, 2.75) is 35.9 Å². The van der Waals surface area contributed by atoms with E-state index in [2.05, 4.69) is 132 Å². The second-order valence-corrected chi connectivity index (χ2v) is 14.4. The number of piperidine rings is 1.